The van der Waals surface area contributed by atoms with Crippen LogP contribution in [-0.2, 0) is 4.79 Å². The van der Waals surface area contributed by atoms with Crippen LogP contribution < -0.4 is 20.3 Å². The van der Waals surface area contributed by atoms with E-state index in [0.29, 0.717) is 49.1 Å². The van der Waals surface area contributed by atoms with Gasteiger partial charge in [0.15, 0.2) is 5.11 Å². The van der Waals surface area contributed by atoms with Gasteiger partial charge in [0.1, 0.15) is 5.75 Å². The summed E-state index contributed by atoms with van der Waals surface area (Å²) in [5.41, 5.74) is 3.12. The molecule has 1 aliphatic rings. The van der Waals surface area contributed by atoms with Crippen LogP contribution in [0.15, 0.2) is 78.9 Å². The van der Waals surface area contributed by atoms with E-state index in [2.05, 4.69) is 22.5 Å². The van der Waals surface area contributed by atoms with Gasteiger partial charge in [-0.2, -0.15) is 0 Å². The van der Waals surface area contributed by atoms with E-state index >= 15 is 0 Å². The first-order valence-corrected chi connectivity index (χ1v) is 13.6. The molecule has 4 rings (SSSR count). The van der Waals surface area contributed by atoms with E-state index in [1.807, 2.05) is 71.6 Å². The fourth-order valence-electron chi connectivity index (χ4n) is 4.14. The molecular weight excluding hydrogens is 532 g/mol. The number of benzene rings is 3. The number of piperazine rings is 1. The summed E-state index contributed by atoms with van der Waals surface area (Å²) in [4.78, 5) is 29.1. The maximum absolute atomic E-state index is 13.0. The van der Waals surface area contributed by atoms with Gasteiger partial charge in [-0.1, -0.05) is 48.9 Å². The Morgan fingerprint density at radius 2 is 1.72 bits per heavy atom. The maximum Gasteiger partial charge on any atom is 0.253 e. The number of nitrogens with zero attached hydrogens (tertiary/aromatic N) is 2. The van der Waals surface area contributed by atoms with Gasteiger partial charge in [-0.25, -0.2) is 0 Å². The molecule has 0 unspecified atom stereocenters. The summed E-state index contributed by atoms with van der Waals surface area (Å²) in [6.07, 6.45) is 4.09. The van der Waals surface area contributed by atoms with Gasteiger partial charge >= 0.3 is 0 Å². The Morgan fingerprint density at radius 3 is 2.38 bits per heavy atom. The number of carbonyl (C=O) groups is 2. The summed E-state index contributed by atoms with van der Waals surface area (Å²) in [6, 6.07) is 22.4. The van der Waals surface area contributed by atoms with E-state index in [-0.39, 0.29) is 16.9 Å². The molecule has 1 fully saturated rings. The summed E-state index contributed by atoms with van der Waals surface area (Å²) in [5.74, 6) is 0.456. The Kier molecular flexibility index (Phi) is 9.94. The quantitative estimate of drug-likeness (QED) is 0.274. The predicted molar refractivity (Wildman–Crippen MR) is 162 cm³/mol. The zero-order valence-corrected chi connectivity index (χ0v) is 23.3. The lowest BCUT2D eigenvalue weighted by molar-refractivity contribution is -0.115. The minimum absolute atomic E-state index is 0.0107. The zero-order chi connectivity index (χ0) is 27.6. The number of ether oxygens (including phenoxy) is 1. The van der Waals surface area contributed by atoms with E-state index < -0.39 is 0 Å². The van der Waals surface area contributed by atoms with Crippen molar-refractivity contribution in [3.63, 3.8) is 0 Å². The largest absolute Gasteiger partial charge is 0.494 e. The lowest BCUT2D eigenvalue weighted by atomic mass is 10.1. The molecule has 7 nitrogen and oxygen atoms in total. The van der Waals surface area contributed by atoms with Crippen molar-refractivity contribution in [2.45, 2.75) is 13.3 Å². The molecule has 2 amide bonds. The van der Waals surface area contributed by atoms with Crippen molar-refractivity contribution in [2.24, 2.45) is 0 Å². The number of amides is 2. The Labute approximate surface area is 239 Å². The van der Waals surface area contributed by atoms with Crippen LogP contribution >= 0.6 is 23.8 Å². The van der Waals surface area contributed by atoms with Crippen molar-refractivity contribution >= 4 is 58.2 Å². The second kappa shape index (κ2) is 13.8. The Hall–Kier alpha value is -3.88. The maximum atomic E-state index is 13.0. The predicted octanol–water partition coefficient (Wildman–Crippen LogP) is 5.62. The zero-order valence-electron chi connectivity index (χ0n) is 21.7. The van der Waals surface area contributed by atoms with E-state index in [4.69, 9.17) is 28.6 Å². The third kappa shape index (κ3) is 8.05. The van der Waals surface area contributed by atoms with E-state index in [1.165, 1.54) is 6.08 Å². The summed E-state index contributed by atoms with van der Waals surface area (Å²) in [5, 5.41) is 6.37. The van der Waals surface area contributed by atoms with Crippen molar-refractivity contribution in [3.8, 4) is 5.75 Å². The summed E-state index contributed by atoms with van der Waals surface area (Å²) in [6.45, 7) is 5.23. The van der Waals surface area contributed by atoms with Crippen molar-refractivity contribution in [2.75, 3.05) is 43.0 Å². The molecule has 0 atom stereocenters. The molecule has 3 aromatic rings. The first-order valence-electron chi connectivity index (χ1n) is 12.8. The molecule has 1 heterocycles. The molecular formula is C30H31ClN4O3S. The number of nitrogens with one attached hydrogen (secondary N) is 2. The molecule has 3 aromatic carbocycles. The lowest BCUT2D eigenvalue weighted by Gasteiger charge is -2.36. The topological polar surface area (TPSA) is 73.9 Å². The van der Waals surface area contributed by atoms with E-state index in [1.54, 1.807) is 12.1 Å². The molecule has 0 radical (unpaired) electrons. The molecule has 1 aliphatic heterocycles. The summed E-state index contributed by atoms with van der Waals surface area (Å²) < 4.78 is 5.60. The highest BCUT2D eigenvalue weighted by atomic mass is 35.5. The number of hydrogen-bond acceptors (Lipinski definition) is 5. The van der Waals surface area contributed by atoms with Gasteiger partial charge in [0.05, 0.1) is 17.3 Å². The average molecular weight is 563 g/mol. The third-order valence-electron chi connectivity index (χ3n) is 6.15. The molecule has 202 valence electrons. The second-order valence-corrected chi connectivity index (χ2v) is 9.82. The molecule has 2 N–H and O–H groups in total. The molecule has 0 aliphatic carbocycles. The first kappa shape index (κ1) is 28.1. The number of carbonyl (C=O) groups excluding carboxylic acids is 2. The van der Waals surface area contributed by atoms with Crippen molar-refractivity contribution in [3.05, 3.63) is 95.0 Å². The van der Waals surface area contributed by atoms with Crippen molar-refractivity contribution in [1.82, 2.24) is 10.2 Å². The van der Waals surface area contributed by atoms with Gasteiger partial charge in [0, 0.05) is 43.5 Å². The van der Waals surface area contributed by atoms with Crippen molar-refractivity contribution < 1.29 is 14.3 Å². The molecule has 39 heavy (non-hydrogen) atoms. The van der Waals surface area contributed by atoms with E-state index in [9.17, 15) is 9.59 Å². The van der Waals surface area contributed by atoms with Crippen LogP contribution in [0.2, 0.25) is 5.02 Å². The molecule has 0 saturated carbocycles. The number of halogens is 1. The second-order valence-electron chi connectivity index (χ2n) is 9.01. The standard InChI is InChI=1S/C30H31ClN4O3S/c1-2-20-38-25-12-9-23(10-13-25)29(37)35-18-16-34(17-19-35)27-14-11-24(21-26(27)31)32-30(39)33-28(36)15-8-22-6-4-3-5-7-22/h3-15,21H,2,16-20H2,1H3,(H2,32,33,36,39)/b15-8+. The normalized spacial score (nSPS) is 13.3. The lowest BCUT2D eigenvalue weighted by Crippen LogP contribution is -2.48. The highest BCUT2D eigenvalue weighted by Crippen LogP contribution is 2.30. The number of anilines is 2. The SMILES string of the molecule is CCCOc1ccc(C(=O)N2CCN(c3ccc(NC(=S)NC(=O)/C=C/c4ccccc4)cc3Cl)CC2)cc1. The Balaban J connectivity index is 1.27. The smallest absolute Gasteiger partial charge is 0.253 e. The summed E-state index contributed by atoms with van der Waals surface area (Å²) >= 11 is 11.9. The van der Waals surface area contributed by atoms with Gasteiger partial charge in [-0.15, -0.1) is 0 Å². The fourth-order valence-corrected chi connectivity index (χ4v) is 4.66. The van der Waals surface area contributed by atoms with E-state index in [0.717, 1.165) is 23.4 Å². The summed E-state index contributed by atoms with van der Waals surface area (Å²) in [7, 11) is 0. The van der Waals surface area contributed by atoms with Crippen LogP contribution in [0.25, 0.3) is 6.08 Å². The fraction of sp³-hybridized carbons (Fsp3) is 0.233. The number of hydrogen-bond donors (Lipinski definition) is 2. The molecule has 0 aromatic heterocycles. The third-order valence-corrected chi connectivity index (χ3v) is 6.66. The van der Waals surface area contributed by atoms with Crippen LogP contribution in [0.5, 0.6) is 5.75 Å². The number of rotatable bonds is 8. The van der Waals surface area contributed by atoms with Crippen LogP contribution in [0.4, 0.5) is 11.4 Å². The monoisotopic (exact) mass is 562 g/mol. The minimum Gasteiger partial charge on any atom is -0.494 e. The van der Waals surface area contributed by atoms with Crippen LogP contribution in [0.1, 0.15) is 29.3 Å². The Morgan fingerprint density at radius 1 is 1.00 bits per heavy atom. The highest BCUT2D eigenvalue weighted by molar-refractivity contribution is 7.80. The molecule has 0 spiro atoms. The van der Waals surface area contributed by atoms with Gasteiger partial charge in [0.25, 0.3) is 5.91 Å². The van der Waals surface area contributed by atoms with Gasteiger partial charge < -0.3 is 19.9 Å². The molecule has 9 heteroatoms. The van der Waals surface area contributed by atoms with Gasteiger partial charge in [0.2, 0.25) is 5.91 Å². The van der Waals surface area contributed by atoms with Gasteiger partial charge in [-0.3, -0.25) is 14.9 Å². The highest BCUT2D eigenvalue weighted by Gasteiger charge is 2.23. The van der Waals surface area contributed by atoms with Gasteiger partial charge in [-0.05, 0) is 72.7 Å². The van der Waals surface area contributed by atoms with Crippen molar-refractivity contribution in [1.29, 1.82) is 0 Å². The Bertz CT molecular complexity index is 1320. The average Bonchev–Trinajstić information content (AvgIpc) is 2.95. The number of thiocarbonyl (C=S) groups is 1. The van der Waals surface area contributed by atoms with Crippen LogP contribution in [-0.4, -0.2) is 54.6 Å². The van der Waals surface area contributed by atoms with Crippen LogP contribution in [0, 0.1) is 0 Å². The molecule has 0 bridgehead atoms. The minimum atomic E-state index is -0.327. The first-order chi connectivity index (χ1) is 18.9. The van der Waals surface area contributed by atoms with Crippen LogP contribution in [0.3, 0.4) is 0 Å². The molecule has 1 saturated heterocycles.